The first-order valence-corrected chi connectivity index (χ1v) is 10.8. The maximum absolute atomic E-state index is 13.7. The van der Waals surface area contributed by atoms with Crippen LogP contribution in [0, 0.1) is 11.3 Å². The van der Waals surface area contributed by atoms with Gasteiger partial charge < -0.3 is 19.7 Å². The Hall–Kier alpha value is -3.41. The van der Waals surface area contributed by atoms with E-state index >= 15 is 0 Å². The quantitative estimate of drug-likeness (QED) is 0.720. The third kappa shape index (κ3) is 4.05. The first-order chi connectivity index (χ1) is 15.5. The number of benzene rings is 2. The predicted molar refractivity (Wildman–Crippen MR) is 125 cm³/mol. The van der Waals surface area contributed by atoms with Gasteiger partial charge in [0.1, 0.15) is 5.75 Å². The molecular formula is C24H24N4O3S. The van der Waals surface area contributed by atoms with Gasteiger partial charge in [0.25, 0.3) is 5.91 Å². The number of nitrogens with zero attached hydrogens (tertiary/aromatic N) is 3. The highest BCUT2D eigenvalue weighted by molar-refractivity contribution is 7.80. The number of ether oxygens (including phenoxy) is 2. The van der Waals surface area contributed by atoms with Gasteiger partial charge in [-0.15, -0.1) is 0 Å². The lowest BCUT2D eigenvalue weighted by Gasteiger charge is -2.40. The molecule has 2 aromatic rings. The molecule has 2 aliphatic heterocycles. The number of hydrogen-bond donors (Lipinski definition) is 1. The number of anilines is 1. The summed E-state index contributed by atoms with van der Waals surface area (Å²) in [5.74, 6) is 0.576. The number of para-hydroxylation sites is 2. The Morgan fingerprint density at radius 3 is 2.69 bits per heavy atom. The fourth-order valence-electron chi connectivity index (χ4n) is 4.10. The van der Waals surface area contributed by atoms with E-state index in [0.717, 1.165) is 16.9 Å². The summed E-state index contributed by atoms with van der Waals surface area (Å²) in [5, 5.41) is 13.2. The van der Waals surface area contributed by atoms with Crippen molar-refractivity contribution in [1.82, 2.24) is 10.2 Å². The highest BCUT2D eigenvalue weighted by Gasteiger charge is 2.37. The smallest absolute Gasteiger partial charge is 0.254 e. The lowest BCUT2D eigenvalue weighted by Crippen LogP contribution is -2.51. The van der Waals surface area contributed by atoms with Crippen LogP contribution < -0.4 is 15.0 Å². The fraction of sp³-hybridized carbons (Fsp3) is 0.292. The largest absolute Gasteiger partial charge is 0.495 e. The van der Waals surface area contributed by atoms with E-state index in [4.69, 9.17) is 21.7 Å². The SMILES string of the molecule is COc1ccccc1N1C(=S)N[C@@H](c2cccc(C#N)c2)C(C(=O)N2CCOCC2)=C1C. The minimum absolute atomic E-state index is 0.0759. The lowest BCUT2D eigenvalue weighted by atomic mass is 9.92. The molecule has 0 spiro atoms. The van der Waals surface area contributed by atoms with Crippen molar-refractivity contribution >= 4 is 28.9 Å². The van der Waals surface area contributed by atoms with E-state index in [0.29, 0.717) is 48.3 Å². The molecule has 1 atom stereocenters. The number of carbonyl (C=O) groups is 1. The number of nitriles is 1. The van der Waals surface area contributed by atoms with E-state index in [1.165, 1.54) is 0 Å². The third-order valence-electron chi connectivity index (χ3n) is 5.69. The molecule has 2 aromatic carbocycles. The number of carbonyl (C=O) groups excluding carboxylic acids is 1. The Morgan fingerprint density at radius 2 is 1.97 bits per heavy atom. The Bertz CT molecular complexity index is 1120. The first-order valence-electron chi connectivity index (χ1n) is 10.4. The summed E-state index contributed by atoms with van der Waals surface area (Å²) < 4.78 is 11.0. The summed E-state index contributed by atoms with van der Waals surface area (Å²) >= 11 is 5.74. The Morgan fingerprint density at radius 1 is 1.22 bits per heavy atom. The number of amides is 1. The van der Waals surface area contributed by atoms with E-state index in [2.05, 4.69) is 11.4 Å². The molecule has 0 bridgehead atoms. The van der Waals surface area contributed by atoms with Crippen LogP contribution in [-0.2, 0) is 9.53 Å². The number of methoxy groups -OCH3 is 1. The Labute approximate surface area is 192 Å². The average molecular weight is 449 g/mol. The van der Waals surface area contributed by atoms with Gasteiger partial charge in [0.05, 0.1) is 49.3 Å². The number of thiocarbonyl (C=S) groups is 1. The maximum atomic E-state index is 13.7. The monoisotopic (exact) mass is 448 g/mol. The van der Waals surface area contributed by atoms with Gasteiger partial charge in [-0.1, -0.05) is 24.3 Å². The Kier molecular flexibility index (Phi) is 6.40. The van der Waals surface area contributed by atoms with Crippen LogP contribution in [0.25, 0.3) is 0 Å². The van der Waals surface area contributed by atoms with Crippen molar-refractivity contribution in [1.29, 1.82) is 5.26 Å². The molecular weight excluding hydrogens is 424 g/mol. The zero-order valence-electron chi connectivity index (χ0n) is 18.0. The summed E-state index contributed by atoms with van der Waals surface area (Å²) in [6, 6.07) is 16.5. The van der Waals surface area contributed by atoms with Gasteiger partial charge >= 0.3 is 0 Å². The Balaban J connectivity index is 1.86. The fourth-order valence-corrected chi connectivity index (χ4v) is 4.45. The number of morpholine rings is 1. The summed E-state index contributed by atoms with van der Waals surface area (Å²) in [7, 11) is 1.61. The second-order valence-corrected chi connectivity index (χ2v) is 7.92. The van der Waals surface area contributed by atoms with Crippen molar-refractivity contribution in [2.75, 3.05) is 38.3 Å². The second kappa shape index (κ2) is 9.39. The summed E-state index contributed by atoms with van der Waals surface area (Å²) in [5.41, 5.74) is 3.39. The summed E-state index contributed by atoms with van der Waals surface area (Å²) in [4.78, 5) is 17.4. The summed E-state index contributed by atoms with van der Waals surface area (Å²) in [6.45, 7) is 3.97. The molecule has 0 saturated carbocycles. The van der Waals surface area contributed by atoms with Crippen molar-refractivity contribution in [3.63, 3.8) is 0 Å². The molecule has 1 amide bonds. The minimum atomic E-state index is -0.475. The van der Waals surface area contributed by atoms with Crippen LogP contribution in [0.15, 0.2) is 59.8 Å². The van der Waals surface area contributed by atoms with E-state index < -0.39 is 6.04 Å². The van der Waals surface area contributed by atoms with Gasteiger partial charge in [-0.2, -0.15) is 5.26 Å². The van der Waals surface area contributed by atoms with Crippen molar-refractivity contribution in [3.8, 4) is 11.8 Å². The molecule has 0 radical (unpaired) electrons. The highest BCUT2D eigenvalue weighted by Crippen LogP contribution is 2.38. The number of nitrogens with one attached hydrogen (secondary N) is 1. The van der Waals surface area contributed by atoms with E-state index in [1.54, 1.807) is 24.1 Å². The normalized spacial score (nSPS) is 18.8. The van der Waals surface area contributed by atoms with Crippen LogP contribution in [0.4, 0.5) is 5.69 Å². The van der Waals surface area contributed by atoms with Gasteiger partial charge in [0.2, 0.25) is 0 Å². The van der Waals surface area contributed by atoms with Crippen LogP contribution in [-0.4, -0.2) is 49.3 Å². The maximum Gasteiger partial charge on any atom is 0.254 e. The zero-order chi connectivity index (χ0) is 22.7. The predicted octanol–water partition coefficient (Wildman–Crippen LogP) is 3.14. The number of allylic oxidation sites excluding steroid dienone is 1. The van der Waals surface area contributed by atoms with Gasteiger partial charge in [0.15, 0.2) is 5.11 Å². The van der Waals surface area contributed by atoms with E-state index in [9.17, 15) is 10.1 Å². The molecule has 32 heavy (non-hydrogen) atoms. The van der Waals surface area contributed by atoms with Crippen LogP contribution in [0.1, 0.15) is 24.1 Å². The average Bonchev–Trinajstić information content (AvgIpc) is 2.84. The topological polar surface area (TPSA) is 77.8 Å². The number of hydrogen-bond acceptors (Lipinski definition) is 5. The molecule has 1 fully saturated rings. The van der Waals surface area contributed by atoms with Crippen molar-refractivity contribution < 1.29 is 14.3 Å². The van der Waals surface area contributed by atoms with Crippen LogP contribution in [0.5, 0.6) is 5.75 Å². The van der Waals surface area contributed by atoms with Gasteiger partial charge in [-0.25, -0.2) is 0 Å². The molecule has 2 aliphatic rings. The van der Waals surface area contributed by atoms with Gasteiger partial charge in [-0.05, 0) is 49.0 Å². The van der Waals surface area contributed by atoms with Crippen LogP contribution in [0.2, 0.25) is 0 Å². The van der Waals surface area contributed by atoms with Crippen molar-refractivity contribution in [2.24, 2.45) is 0 Å². The van der Waals surface area contributed by atoms with E-state index in [1.807, 2.05) is 48.2 Å². The minimum Gasteiger partial charge on any atom is -0.495 e. The van der Waals surface area contributed by atoms with E-state index in [-0.39, 0.29) is 5.91 Å². The first kappa shape index (κ1) is 21.8. The standard InChI is InChI=1S/C24H24N4O3S/c1-16-21(23(29)27-10-12-31-13-11-27)22(18-7-5-6-17(14-18)15-25)26-24(32)28(16)19-8-3-4-9-20(19)30-2/h3-9,14,22H,10-13H2,1-2H3,(H,26,32)/t22-/m0/s1. The van der Waals surface area contributed by atoms with Gasteiger partial charge in [0, 0.05) is 18.8 Å². The van der Waals surface area contributed by atoms with Gasteiger partial charge in [-0.3, -0.25) is 9.69 Å². The molecule has 2 heterocycles. The number of rotatable bonds is 4. The molecule has 8 heteroatoms. The van der Waals surface area contributed by atoms with Crippen LogP contribution in [0.3, 0.4) is 0 Å². The highest BCUT2D eigenvalue weighted by atomic mass is 32.1. The molecule has 164 valence electrons. The molecule has 7 nitrogen and oxygen atoms in total. The third-order valence-corrected chi connectivity index (χ3v) is 5.99. The lowest BCUT2D eigenvalue weighted by molar-refractivity contribution is -0.131. The molecule has 0 aromatic heterocycles. The molecule has 0 unspecified atom stereocenters. The molecule has 1 saturated heterocycles. The molecule has 0 aliphatic carbocycles. The molecule has 4 rings (SSSR count). The van der Waals surface area contributed by atoms with Crippen molar-refractivity contribution in [2.45, 2.75) is 13.0 Å². The summed E-state index contributed by atoms with van der Waals surface area (Å²) in [6.07, 6.45) is 0. The molecule has 1 N–H and O–H groups in total. The zero-order valence-corrected chi connectivity index (χ0v) is 18.8. The van der Waals surface area contributed by atoms with Crippen LogP contribution >= 0.6 is 12.2 Å². The van der Waals surface area contributed by atoms with Crippen molar-refractivity contribution in [3.05, 3.63) is 70.9 Å². The second-order valence-electron chi connectivity index (χ2n) is 7.53.